The van der Waals surface area contributed by atoms with E-state index in [1.807, 2.05) is 0 Å². The minimum atomic E-state index is -1.04. The normalized spacial score (nSPS) is 15.0. The van der Waals surface area contributed by atoms with Gasteiger partial charge in [-0.25, -0.2) is 4.79 Å². The Morgan fingerprint density at radius 2 is 0.771 bits per heavy atom. The lowest BCUT2D eigenvalue weighted by Crippen LogP contribution is -2.37. The number of rotatable bonds is 0. The molecule has 0 saturated heterocycles. The van der Waals surface area contributed by atoms with E-state index >= 15 is 0 Å². The maximum absolute atomic E-state index is 13.8. The molecule has 3 aromatic carbocycles. The first-order valence-corrected chi connectivity index (χ1v) is 12.5. The third-order valence-corrected chi connectivity index (χ3v) is 9.66. The van der Waals surface area contributed by atoms with E-state index in [1.165, 1.54) is 27.8 Å². The van der Waals surface area contributed by atoms with E-state index < -0.39 is 5.60 Å². The molecule has 2 heterocycles. The molecule has 2 aliphatic heterocycles. The van der Waals surface area contributed by atoms with Gasteiger partial charge in [0.15, 0.2) is 5.60 Å². The molecule has 0 amide bonds. The second-order valence-corrected chi connectivity index (χ2v) is 10.8. The van der Waals surface area contributed by atoms with Crippen molar-refractivity contribution in [2.45, 2.75) is 88.7 Å². The fraction of sp³-hybridized carbons (Fsp3) is 0.406. The van der Waals surface area contributed by atoms with E-state index in [9.17, 15) is 4.79 Å². The molecule has 5 rings (SSSR count). The largest absolute Gasteiger partial charge is 0.456 e. The minimum Gasteiger partial charge on any atom is -0.456 e. The quantitative estimate of drug-likeness (QED) is 0.314. The molecular formula is C32H36O3. The van der Waals surface area contributed by atoms with Crippen molar-refractivity contribution in [2.75, 3.05) is 0 Å². The Morgan fingerprint density at radius 1 is 0.429 bits per heavy atom. The highest BCUT2D eigenvalue weighted by Crippen LogP contribution is 2.62. The van der Waals surface area contributed by atoms with Crippen LogP contribution in [0.15, 0.2) is 0 Å². The van der Waals surface area contributed by atoms with Gasteiger partial charge in [0, 0.05) is 5.56 Å². The summed E-state index contributed by atoms with van der Waals surface area (Å²) in [6.07, 6.45) is 0. The van der Waals surface area contributed by atoms with E-state index in [1.54, 1.807) is 0 Å². The molecule has 1 spiro atoms. The van der Waals surface area contributed by atoms with Crippen LogP contribution in [0.25, 0.3) is 0 Å². The monoisotopic (exact) mass is 468 g/mol. The number of fused-ring (bicyclic) bond motifs is 6. The van der Waals surface area contributed by atoms with Gasteiger partial charge >= 0.3 is 5.97 Å². The summed E-state index contributed by atoms with van der Waals surface area (Å²) in [5, 5.41) is 0. The number of hydrogen-bond donors (Lipinski definition) is 0. The Kier molecular flexibility index (Phi) is 4.88. The van der Waals surface area contributed by atoms with Crippen molar-refractivity contribution in [3.05, 3.63) is 89.0 Å². The third-order valence-electron chi connectivity index (χ3n) is 9.66. The van der Waals surface area contributed by atoms with Crippen LogP contribution in [-0.4, -0.2) is 5.97 Å². The van der Waals surface area contributed by atoms with Crippen LogP contribution in [0.3, 0.4) is 0 Å². The van der Waals surface area contributed by atoms with Crippen LogP contribution in [0.1, 0.15) is 93.8 Å². The van der Waals surface area contributed by atoms with Crippen molar-refractivity contribution in [1.82, 2.24) is 0 Å². The molecule has 0 unspecified atom stereocenters. The Morgan fingerprint density at radius 3 is 1.20 bits per heavy atom. The van der Waals surface area contributed by atoms with Gasteiger partial charge in [-0.15, -0.1) is 0 Å². The van der Waals surface area contributed by atoms with Crippen molar-refractivity contribution < 1.29 is 14.3 Å². The van der Waals surface area contributed by atoms with Crippen molar-refractivity contribution in [1.29, 1.82) is 0 Å². The zero-order valence-electron chi connectivity index (χ0n) is 23.2. The molecule has 0 aromatic heterocycles. The predicted octanol–water partition coefficient (Wildman–Crippen LogP) is 7.96. The number of ether oxygens (including phenoxy) is 2. The molecule has 0 bridgehead atoms. The summed E-state index contributed by atoms with van der Waals surface area (Å²) < 4.78 is 13.6. The molecule has 2 aliphatic rings. The van der Waals surface area contributed by atoms with Gasteiger partial charge in [0.25, 0.3) is 0 Å². The Bertz CT molecular complexity index is 1450. The number of carbonyl (C=O) groups is 1. The van der Waals surface area contributed by atoms with Crippen LogP contribution in [0.4, 0.5) is 0 Å². The first-order chi connectivity index (χ1) is 16.3. The second-order valence-electron chi connectivity index (χ2n) is 10.8. The molecule has 0 N–H and O–H groups in total. The molecule has 0 fully saturated rings. The first kappa shape index (κ1) is 23.7. The van der Waals surface area contributed by atoms with E-state index in [2.05, 4.69) is 83.1 Å². The number of hydrogen-bond acceptors (Lipinski definition) is 3. The van der Waals surface area contributed by atoms with Gasteiger partial charge in [-0.2, -0.15) is 0 Å². The molecule has 3 nitrogen and oxygen atoms in total. The van der Waals surface area contributed by atoms with Crippen molar-refractivity contribution >= 4 is 5.97 Å². The summed E-state index contributed by atoms with van der Waals surface area (Å²) in [6.45, 7) is 25.6. The van der Waals surface area contributed by atoms with Crippen LogP contribution in [0.5, 0.6) is 11.5 Å². The summed E-state index contributed by atoms with van der Waals surface area (Å²) in [6, 6.07) is 0. The van der Waals surface area contributed by atoms with E-state index in [0.29, 0.717) is 0 Å². The van der Waals surface area contributed by atoms with Crippen molar-refractivity contribution in [3.8, 4) is 11.5 Å². The van der Waals surface area contributed by atoms with Gasteiger partial charge in [0.05, 0.1) is 16.7 Å². The van der Waals surface area contributed by atoms with Crippen LogP contribution in [-0.2, 0) is 10.3 Å². The lowest BCUT2D eigenvalue weighted by atomic mass is 9.69. The van der Waals surface area contributed by atoms with Crippen molar-refractivity contribution in [2.24, 2.45) is 0 Å². The fourth-order valence-corrected chi connectivity index (χ4v) is 6.49. The zero-order valence-corrected chi connectivity index (χ0v) is 23.2. The lowest BCUT2D eigenvalue weighted by molar-refractivity contribution is 0.0217. The van der Waals surface area contributed by atoms with Gasteiger partial charge in [-0.05, 0) is 150 Å². The van der Waals surface area contributed by atoms with Gasteiger partial charge in [0.1, 0.15) is 11.5 Å². The van der Waals surface area contributed by atoms with Gasteiger partial charge in [-0.1, -0.05) is 0 Å². The Hall–Kier alpha value is -3.07. The standard InChI is InChI=1S/C32H36O3/c1-13-14(2)20(8)26-25(19(13)7)31(33)35-32(26)27-21(9)15(3)17(5)23(11)29(27)34-30-24(12)18(6)16(4)22(10)28(30)32/h1-12H3. The van der Waals surface area contributed by atoms with Gasteiger partial charge < -0.3 is 9.47 Å². The summed E-state index contributed by atoms with van der Waals surface area (Å²) in [5.41, 5.74) is 16.5. The highest BCUT2D eigenvalue weighted by molar-refractivity contribution is 6.00. The fourth-order valence-electron chi connectivity index (χ4n) is 6.49. The van der Waals surface area contributed by atoms with E-state index in [4.69, 9.17) is 9.47 Å². The molecule has 35 heavy (non-hydrogen) atoms. The molecule has 0 atom stereocenters. The van der Waals surface area contributed by atoms with Crippen LogP contribution >= 0.6 is 0 Å². The minimum absolute atomic E-state index is 0.243. The summed E-state index contributed by atoms with van der Waals surface area (Å²) in [7, 11) is 0. The average Bonchev–Trinajstić information content (AvgIpc) is 3.12. The molecule has 182 valence electrons. The molecule has 0 saturated carbocycles. The predicted molar refractivity (Wildman–Crippen MR) is 142 cm³/mol. The first-order valence-electron chi connectivity index (χ1n) is 12.5. The topological polar surface area (TPSA) is 35.5 Å². The smallest absolute Gasteiger partial charge is 0.340 e. The summed E-state index contributed by atoms with van der Waals surface area (Å²) in [5.74, 6) is 1.42. The van der Waals surface area contributed by atoms with Crippen LogP contribution < -0.4 is 4.74 Å². The van der Waals surface area contributed by atoms with Gasteiger partial charge in [0.2, 0.25) is 0 Å². The number of esters is 1. The van der Waals surface area contributed by atoms with E-state index in [0.717, 1.165) is 72.7 Å². The molecule has 3 aromatic rings. The highest BCUT2D eigenvalue weighted by Gasteiger charge is 2.57. The van der Waals surface area contributed by atoms with Gasteiger partial charge in [-0.3, -0.25) is 0 Å². The molecular weight excluding hydrogens is 432 g/mol. The SMILES string of the molecule is Cc1c(C)c(C)c2c(c1C)Oc1c(C)c(C)c(C)c(C)c1C21OC(=O)c2c(C)c(C)c(C)c(C)c21. The summed E-state index contributed by atoms with van der Waals surface area (Å²) >= 11 is 0. The Labute approximate surface area is 209 Å². The van der Waals surface area contributed by atoms with Crippen LogP contribution in [0.2, 0.25) is 0 Å². The molecule has 0 radical (unpaired) electrons. The van der Waals surface area contributed by atoms with Crippen molar-refractivity contribution in [3.63, 3.8) is 0 Å². The number of benzene rings is 3. The average molecular weight is 469 g/mol. The third kappa shape index (κ3) is 2.59. The summed E-state index contributed by atoms with van der Waals surface area (Å²) in [4.78, 5) is 13.8. The molecule has 3 heteroatoms. The Balaban J connectivity index is 2.13. The molecule has 0 aliphatic carbocycles. The second kappa shape index (κ2) is 7.22. The zero-order chi connectivity index (χ0) is 25.9. The highest BCUT2D eigenvalue weighted by atomic mass is 16.6. The van der Waals surface area contributed by atoms with E-state index in [-0.39, 0.29) is 5.97 Å². The maximum Gasteiger partial charge on any atom is 0.340 e. The lowest BCUT2D eigenvalue weighted by Gasteiger charge is -2.42. The maximum atomic E-state index is 13.8. The van der Waals surface area contributed by atoms with Crippen LogP contribution in [0, 0.1) is 83.1 Å². The number of carbonyl (C=O) groups excluding carboxylic acids is 1.